The normalized spacial score (nSPS) is 16.7. The molecule has 36 heavy (non-hydrogen) atoms. The fourth-order valence-corrected chi connectivity index (χ4v) is 5.19. The molecule has 1 aliphatic rings. The first kappa shape index (κ1) is 25.0. The maximum absolute atomic E-state index is 6.28. The van der Waals surface area contributed by atoms with Crippen LogP contribution in [0, 0.1) is 0 Å². The Morgan fingerprint density at radius 2 is 2.03 bits per heavy atom. The third-order valence-corrected chi connectivity index (χ3v) is 7.50. The number of nitrogens with zero attached hydrogens (tertiary/aromatic N) is 3. The van der Waals surface area contributed by atoms with Crippen LogP contribution in [0.2, 0.25) is 10.0 Å². The molecule has 1 saturated heterocycles. The first-order chi connectivity index (χ1) is 17.5. The summed E-state index contributed by atoms with van der Waals surface area (Å²) >= 11 is 14.0. The minimum Gasteiger partial charge on any atom is -0.493 e. The van der Waals surface area contributed by atoms with Gasteiger partial charge < -0.3 is 19.9 Å². The molecule has 0 bridgehead atoms. The van der Waals surface area contributed by atoms with Crippen molar-refractivity contribution < 1.29 is 14.2 Å². The van der Waals surface area contributed by atoms with E-state index >= 15 is 0 Å². The standard InChI is InChI=1S/C26H26Cl2N4O3S/c1-33-23-10-19-22(30-26(31-25(19)29)17-3-4-20(27)21(28)9-17)11-24(23)35-14-18-13-32(6-2-7-34-18)12-16-5-8-36-15-16/h3-5,8-11,15,18H,2,6-7,12-14H2,1H3,(H2,29,30,31). The summed E-state index contributed by atoms with van der Waals surface area (Å²) in [5, 5.41) is 5.86. The minimum atomic E-state index is -0.0613. The molecule has 0 aliphatic carbocycles. The summed E-state index contributed by atoms with van der Waals surface area (Å²) in [6.07, 6.45) is 0.932. The lowest BCUT2D eigenvalue weighted by Gasteiger charge is -2.24. The summed E-state index contributed by atoms with van der Waals surface area (Å²) in [4.78, 5) is 11.6. The van der Waals surface area contributed by atoms with E-state index in [0.29, 0.717) is 62.9 Å². The van der Waals surface area contributed by atoms with Crippen molar-refractivity contribution in [2.75, 3.05) is 39.1 Å². The van der Waals surface area contributed by atoms with Crippen LogP contribution >= 0.6 is 34.5 Å². The average molecular weight is 545 g/mol. The highest BCUT2D eigenvalue weighted by atomic mass is 35.5. The van der Waals surface area contributed by atoms with Gasteiger partial charge in [0.05, 0.1) is 22.7 Å². The first-order valence-electron chi connectivity index (χ1n) is 11.6. The number of ether oxygens (including phenoxy) is 3. The Kier molecular flexibility index (Phi) is 7.79. The topological polar surface area (TPSA) is 82.7 Å². The molecule has 188 valence electrons. The molecule has 1 fully saturated rings. The number of benzene rings is 2. The highest BCUT2D eigenvalue weighted by molar-refractivity contribution is 7.07. The summed E-state index contributed by atoms with van der Waals surface area (Å²) < 4.78 is 17.9. The number of nitrogens with two attached hydrogens (primary N) is 1. The number of rotatable bonds is 7. The van der Waals surface area contributed by atoms with E-state index < -0.39 is 0 Å². The Hall–Kier alpha value is -2.62. The van der Waals surface area contributed by atoms with E-state index in [1.807, 2.05) is 6.07 Å². The van der Waals surface area contributed by atoms with Crippen molar-refractivity contribution in [3.63, 3.8) is 0 Å². The Labute approximate surface area is 223 Å². The van der Waals surface area contributed by atoms with E-state index in [2.05, 4.69) is 26.7 Å². The van der Waals surface area contributed by atoms with Crippen LogP contribution in [0.4, 0.5) is 5.82 Å². The van der Waals surface area contributed by atoms with E-state index in [-0.39, 0.29) is 6.10 Å². The van der Waals surface area contributed by atoms with Crippen LogP contribution in [-0.2, 0) is 11.3 Å². The van der Waals surface area contributed by atoms with Crippen molar-refractivity contribution in [3.8, 4) is 22.9 Å². The van der Waals surface area contributed by atoms with Gasteiger partial charge in [-0.25, -0.2) is 9.97 Å². The molecule has 0 spiro atoms. The summed E-state index contributed by atoms with van der Waals surface area (Å²) in [5.41, 5.74) is 8.97. The maximum Gasteiger partial charge on any atom is 0.163 e. The number of aromatic nitrogens is 2. The van der Waals surface area contributed by atoms with E-state index in [1.54, 1.807) is 42.7 Å². The second kappa shape index (κ2) is 11.2. The Morgan fingerprint density at radius 1 is 1.14 bits per heavy atom. The predicted octanol–water partition coefficient (Wildman–Crippen LogP) is 5.93. The molecular weight excluding hydrogens is 519 g/mol. The second-order valence-electron chi connectivity index (χ2n) is 8.61. The number of hydrogen-bond acceptors (Lipinski definition) is 8. The SMILES string of the molecule is COc1cc2c(N)nc(-c3ccc(Cl)c(Cl)c3)nc2cc1OCC1CN(Cc2ccsc2)CCCO1. The largest absolute Gasteiger partial charge is 0.493 e. The molecule has 0 saturated carbocycles. The molecule has 7 nitrogen and oxygen atoms in total. The third kappa shape index (κ3) is 5.68. The zero-order valence-electron chi connectivity index (χ0n) is 19.7. The van der Waals surface area contributed by atoms with Gasteiger partial charge in [-0.05, 0) is 53.1 Å². The lowest BCUT2D eigenvalue weighted by molar-refractivity contribution is 0.0196. The van der Waals surface area contributed by atoms with Crippen LogP contribution in [-0.4, -0.2) is 54.4 Å². The first-order valence-corrected chi connectivity index (χ1v) is 13.3. The predicted molar refractivity (Wildman–Crippen MR) is 145 cm³/mol. The lowest BCUT2D eigenvalue weighted by Crippen LogP contribution is -2.34. The van der Waals surface area contributed by atoms with Gasteiger partial charge >= 0.3 is 0 Å². The molecule has 3 heterocycles. The molecule has 1 aliphatic heterocycles. The van der Waals surface area contributed by atoms with Crippen molar-refractivity contribution in [1.29, 1.82) is 0 Å². The maximum atomic E-state index is 6.28. The van der Waals surface area contributed by atoms with Crippen LogP contribution in [0.25, 0.3) is 22.3 Å². The third-order valence-electron chi connectivity index (χ3n) is 6.03. The number of anilines is 1. The van der Waals surface area contributed by atoms with Gasteiger partial charge in [-0.2, -0.15) is 11.3 Å². The number of halogens is 2. The van der Waals surface area contributed by atoms with Gasteiger partial charge in [-0.15, -0.1) is 0 Å². The molecule has 2 N–H and O–H groups in total. The van der Waals surface area contributed by atoms with Gasteiger partial charge in [-0.3, -0.25) is 4.90 Å². The number of thiophene rings is 1. The molecule has 1 unspecified atom stereocenters. The van der Waals surface area contributed by atoms with Crippen molar-refractivity contribution >= 4 is 51.3 Å². The monoisotopic (exact) mass is 544 g/mol. The van der Waals surface area contributed by atoms with Gasteiger partial charge in [-0.1, -0.05) is 23.2 Å². The van der Waals surface area contributed by atoms with Crippen molar-refractivity contribution in [1.82, 2.24) is 14.9 Å². The number of fused-ring (bicyclic) bond motifs is 1. The zero-order chi connectivity index (χ0) is 25.1. The van der Waals surface area contributed by atoms with E-state index in [0.717, 1.165) is 26.1 Å². The molecular formula is C26H26Cl2N4O3S. The number of methoxy groups -OCH3 is 1. The fraction of sp³-hybridized carbons (Fsp3) is 0.308. The van der Waals surface area contributed by atoms with Crippen LogP contribution < -0.4 is 15.2 Å². The highest BCUT2D eigenvalue weighted by Gasteiger charge is 2.21. The van der Waals surface area contributed by atoms with Gasteiger partial charge in [0.15, 0.2) is 17.3 Å². The van der Waals surface area contributed by atoms with Crippen LogP contribution in [0.15, 0.2) is 47.2 Å². The van der Waals surface area contributed by atoms with Crippen LogP contribution in [0.1, 0.15) is 12.0 Å². The molecule has 0 radical (unpaired) electrons. The molecule has 4 aromatic rings. The minimum absolute atomic E-state index is 0.0613. The number of hydrogen-bond donors (Lipinski definition) is 1. The number of nitrogen functional groups attached to an aromatic ring is 1. The summed E-state index contributed by atoms with van der Waals surface area (Å²) in [5.74, 6) is 1.91. The van der Waals surface area contributed by atoms with E-state index in [4.69, 9.17) is 48.1 Å². The highest BCUT2D eigenvalue weighted by Crippen LogP contribution is 2.35. The van der Waals surface area contributed by atoms with Crippen molar-refractivity contribution in [2.45, 2.75) is 19.1 Å². The van der Waals surface area contributed by atoms with Crippen LogP contribution in [0.3, 0.4) is 0 Å². The Bertz CT molecular complexity index is 1350. The molecule has 5 rings (SSSR count). The molecule has 1 atom stereocenters. The Morgan fingerprint density at radius 3 is 2.81 bits per heavy atom. The van der Waals surface area contributed by atoms with Crippen molar-refractivity contribution in [2.24, 2.45) is 0 Å². The van der Waals surface area contributed by atoms with Crippen LogP contribution in [0.5, 0.6) is 11.5 Å². The molecule has 2 aromatic carbocycles. The summed E-state index contributed by atoms with van der Waals surface area (Å²) in [6.45, 7) is 3.81. The summed E-state index contributed by atoms with van der Waals surface area (Å²) in [6, 6.07) is 11.0. The van der Waals surface area contributed by atoms with Gasteiger partial charge in [0.1, 0.15) is 18.5 Å². The van der Waals surface area contributed by atoms with Crippen molar-refractivity contribution in [3.05, 3.63) is 62.8 Å². The second-order valence-corrected chi connectivity index (χ2v) is 10.2. The summed E-state index contributed by atoms with van der Waals surface area (Å²) in [7, 11) is 1.60. The van der Waals surface area contributed by atoms with Gasteiger partial charge in [0.2, 0.25) is 0 Å². The van der Waals surface area contributed by atoms with Gasteiger partial charge in [0.25, 0.3) is 0 Å². The zero-order valence-corrected chi connectivity index (χ0v) is 22.1. The quantitative estimate of drug-likeness (QED) is 0.309. The molecule has 10 heteroatoms. The molecule has 2 aromatic heterocycles. The smallest absolute Gasteiger partial charge is 0.163 e. The lowest BCUT2D eigenvalue weighted by atomic mass is 10.1. The van der Waals surface area contributed by atoms with E-state index in [1.165, 1.54) is 5.56 Å². The fourth-order valence-electron chi connectivity index (χ4n) is 4.24. The molecule has 0 amide bonds. The Balaban J connectivity index is 1.37. The van der Waals surface area contributed by atoms with E-state index in [9.17, 15) is 0 Å². The van der Waals surface area contributed by atoms with Gasteiger partial charge in [0, 0.05) is 43.3 Å². The average Bonchev–Trinajstić information content (AvgIpc) is 3.28.